The van der Waals surface area contributed by atoms with Crippen LogP contribution in [0.2, 0.25) is 19.6 Å². The van der Waals surface area contributed by atoms with E-state index in [1.54, 1.807) is 19.9 Å². The lowest BCUT2D eigenvalue weighted by molar-refractivity contribution is 0.174. The molecule has 0 saturated carbocycles. The Morgan fingerprint density at radius 1 is 1.00 bits per heavy atom. The van der Waals surface area contributed by atoms with E-state index in [-0.39, 0.29) is 14.9 Å². The highest BCUT2D eigenvalue weighted by molar-refractivity contribution is 6.81. The maximum absolute atomic E-state index is 5.79. The fourth-order valence-electron chi connectivity index (χ4n) is 0.802. The van der Waals surface area contributed by atoms with Crippen molar-refractivity contribution >= 4 is 17.1 Å². The summed E-state index contributed by atoms with van der Waals surface area (Å²) in [5.74, 6) is 0. The van der Waals surface area contributed by atoms with Gasteiger partial charge in [-0.15, -0.1) is 0 Å². The zero-order chi connectivity index (χ0) is 9.83. The van der Waals surface area contributed by atoms with Gasteiger partial charge in [-0.05, 0) is 25.3 Å². The Bertz CT molecular complexity index is 151. The fourth-order valence-corrected chi connectivity index (χ4v) is 5.72. The second-order valence-electron chi connectivity index (χ2n) is 3.43. The molecule has 0 radical (unpaired) electrons. The highest BCUT2D eigenvalue weighted by Gasteiger charge is 2.39. The monoisotopic (exact) mass is 238 g/mol. The van der Waals surface area contributed by atoms with Crippen LogP contribution in [0.15, 0.2) is 12.3 Å². The predicted octanol–water partition coefficient (Wildman–Crippen LogP) is 3.07. The fraction of sp³-hybridized carbons (Fsp3) is 0.778. The summed E-state index contributed by atoms with van der Waals surface area (Å²) in [6, 6.07) is 0. The molecule has 0 aromatic rings. The highest BCUT2D eigenvalue weighted by atomic mass is 28.5. The average molecular weight is 238 g/mol. The molecule has 0 bridgehead atoms. The summed E-state index contributed by atoms with van der Waals surface area (Å²) >= 11 is 0. The maximum Gasteiger partial charge on any atom is 0.517 e. The predicted molar refractivity (Wildman–Crippen MR) is 67.9 cm³/mol. The summed E-state index contributed by atoms with van der Waals surface area (Å²) in [6.07, 6.45) is 0. The molecule has 0 aromatic carbocycles. The number of rotatable bonds is 5. The van der Waals surface area contributed by atoms with Gasteiger partial charge in [-0.1, -0.05) is 21.4 Å². The first-order valence-electron chi connectivity index (χ1n) is 3.83. The molecule has 3 nitrogen and oxygen atoms in total. The molecule has 0 unspecified atom stereocenters. The Kier molecular flexibility index (Phi) is 10.3. The van der Waals surface area contributed by atoms with Crippen LogP contribution in [-0.2, 0) is 13.0 Å². The van der Waals surface area contributed by atoms with Gasteiger partial charge in [0.25, 0.3) is 0 Å². The van der Waals surface area contributed by atoms with E-state index in [1.807, 2.05) is 0 Å². The second-order valence-corrected chi connectivity index (χ2v) is 10.9. The van der Waals surface area contributed by atoms with Crippen molar-refractivity contribution in [1.29, 1.82) is 0 Å². The summed E-state index contributed by atoms with van der Waals surface area (Å²) in [7, 11) is -0.953. The van der Waals surface area contributed by atoms with Crippen molar-refractivity contribution in [3.8, 4) is 0 Å². The number of hydrogen-bond acceptors (Lipinski definition) is 3. The SMILES string of the molecule is C.C.C=C[Si](OC)(OC)O[Si](C)(C)C. The normalized spacial score (nSPS) is 11.2. The van der Waals surface area contributed by atoms with Gasteiger partial charge in [0.2, 0.25) is 0 Å². The van der Waals surface area contributed by atoms with E-state index >= 15 is 0 Å². The van der Waals surface area contributed by atoms with Crippen molar-refractivity contribution in [3.05, 3.63) is 12.3 Å². The Hall–Kier alpha value is 0.0538. The molecular weight excluding hydrogens is 212 g/mol. The van der Waals surface area contributed by atoms with Gasteiger partial charge >= 0.3 is 8.80 Å². The minimum atomic E-state index is -2.53. The quantitative estimate of drug-likeness (QED) is 0.689. The molecule has 0 saturated heterocycles. The van der Waals surface area contributed by atoms with Crippen molar-refractivity contribution in [2.45, 2.75) is 34.5 Å². The van der Waals surface area contributed by atoms with Crippen molar-refractivity contribution in [1.82, 2.24) is 0 Å². The van der Waals surface area contributed by atoms with Crippen molar-refractivity contribution in [2.24, 2.45) is 0 Å². The van der Waals surface area contributed by atoms with E-state index in [1.165, 1.54) is 0 Å². The Morgan fingerprint density at radius 3 is 1.43 bits per heavy atom. The molecule has 0 aliphatic carbocycles. The molecule has 0 fully saturated rings. The third-order valence-corrected chi connectivity index (χ3v) is 6.49. The van der Waals surface area contributed by atoms with Gasteiger partial charge in [0.15, 0.2) is 8.32 Å². The molecule has 0 heterocycles. The highest BCUT2D eigenvalue weighted by Crippen LogP contribution is 2.15. The summed E-state index contributed by atoms with van der Waals surface area (Å²) in [4.78, 5) is 0. The van der Waals surface area contributed by atoms with Crippen molar-refractivity contribution < 1.29 is 13.0 Å². The Balaban J connectivity index is -0.000000605. The molecule has 0 N–H and O–H groups in total. The first kappa shape index (κ1) is 19.6. The largest absolute Gasteiger partial charge is 0.517 e. The third kappa shape index (κ3) is 6.50. The lowest BCUT2D eigenvalue weighted by Gasteiger charge is -2.30. The summed E-state index contributed by atoms with van der Waals surface area (Å²) in [5, 5.41) is 0. The van der Waals surface area contributed by atoms with Crippen LogP contribution in [0, 0.1) is 0 Å². The van der Waals surface area contributed by atoms with E-state index in [0.29, 0.717) is 0 Å². The van der Waals surface area contributed by atoms with Gasteiger partial charge in [0, 0.05) is 14.2 Å². The van der Waals surface area contributed by atoms with E-state index in [4.69, 9.17) is 13.0 Å². The molecule has 0 aliphatic rings. The molecule has 0 aromatic heterocycles. The lowest BCUT2D eigenvalue weighted by atomic mass is 11.3. The first-order chi connectivity index (χ1) is 5.39. The summed E-state index contributed by atoms with van der Waals surface area (Å²) in [6.45, 7) is 9.95. The van der Waals surface area contributed by atoms with Gasteiger partial charge in [0.1, 0.15) is 0 Å². The van der Waals surface area contributed by atoms with Crippen LogP contribution >= 0.6 is 0 Å². The van der Waals surface area contributed by atoms with Crippen LogP contribution in [0.1, 0.15) is 14.9 Å². The molecular formula is C9H26O3Si2. The van der Waals surface area contributed by atoms with Gasteiger partial charge in [-0.2, -0.15) is 0 Å². The van der Waals surface area contributed by atoms with Crippen LogP contribution < -0.4 is 0 Å². The Labute approximate surface area is 91.6 Å². The Morgan fingerprint density at radius 2 is 1.36 bits per heavy atom. The van der Waals surface area contributed by atoms with E-state index in [0.717, 1.165) is 0 Å². The van der Waals surface area contributed by atoms with E-state index in [2.05, 4.69) is 26.2 Å². The van der Waals surface area contributed by atoms with Gasteiger partial charge < -0.3 is 13.0 Å². The zero-order valence-electron chi connectivity index (χ0n) is 8.51. The zero-order valence-corrected chi connectivity index (χ0v) is 10.5. The van der Waals surface area contributed by atoms with Crippen LogP contribution in [0.25, 0.3) is 0 Å². The van der Waals surface area contributed by atoms with E-state index < -0.39 is 17.1 Å². The van der Waals surface area contributed by atoms with Crippen LogP contribution in [0.3, 0.4) is 0 Å². The average Bonchev–Trinajstić information content (AvgIpc) is 1.99. The molecule has 5 heteroatoms. The van der Waals surface area contributed by atoms with Gasteiger partial charge in [-0.25, -0.2) is 0 Å². The minimum Gasteiger partial charge on any atom is -0.413 e. The van der Waals surface area contributed by atoms with Crippen LogP contribution in [0.5, 0.6) is 0 Å². The smallest absolute Gasteiger partial charge is 0.413 e. The topological polar surface area (TPSA) is 27.7 Å². The first-order valence-corrected chi connectivity index (χ1v) is 9.04. The summed E-state index contributed by atoms with van der Waals surface area (Å²) in [5.41, 5.74) is 1.66. The minimum absolute atomic E-state index is 0. The van der Waals surface area contributed by atoms with Crippen molar-refractivity contribution in [2.75, 3.05) is 14.2 Å². The number of hydrogen-bond donors (Lipinski definition) is 0. The summed E-state index contributed by atoms with van der Waals surface area (Å²) < 4.78 is 16.2. The molecule has 0 spiro atoms. The second kappa shape index (κ2) is 7.36. The van der Waals surface area contributed by atoms with Crippen LogP contribution in [0.4, 0.5) is 0 Å². The maximum atomic E-state index is 5.79. The molecule has 0 aliphatic heterocycles. The molecule has 14 heavy (non-hydrogen) atoms. The molecule has 0 amide bonds. The molecule has 88 valence electrons. The lowest BCUT2D eigenvalue weighted by Crippen LogP contribution is -2.49. The third-order valence-electron chi connectivity index (χ3n) is 1.27. The molecule has 0 rings (SSSR count). The van der Waals surface area contributed by atoms with Crippen LogP contribution in [-0.4, -0.2) is 31.3 Å². The van der Waals surface area contributed by atoms with E-state index in [9.17, 15) is 0 Å². The standard InChI is InChI=1S/C7H18O3Si2.2CH4/c1-7-12(8-2,9-3)10-11(4,5)6;;/h7H,1H2,2-6H3;2*1H4. The van der Waals surface area contributed by atoms with Crippen molar-refractivity contribution in [3.63, 3.8) is 0 Å². The van der Waals surface area contributed by atoms with Gasteiger partial charge in [-0.3, -0.25) is 0 Å². The molecule has 0 atom stereocenters. The van der Waals surface area contributed by atoms with Gasteiger partial charge in [0.05, 0.1) is 0 Å².